The monoisotopic (exact) mass is 420 g/mol. The normalized spacial score (nSPS) is 15.5. The maximum atomic E-state index is 12.4. The lowest BCUT2D eigenvalue weighted by Crippen LogP contribution is -2.51. The number of hydrogen-bond donors (Lipinski definition) is 0. The molecule has 154 valence electrons. The first-order valence-electron chi connectivity index (χ1n) is 9.20. The van der Waals surface area contributed by atoms with Gasteiger partial charge in [0.25, 0.3) is 5.22 Å². The van der Waals surface area contributed by atoms with E-state index in [-0.39, 0.29) is 24.5 Å². The first-order chi connectivity index (χ1) is 14.1. The molecular weight excluding hydrogens is 400 g/mol. The number of nitrogens with zero attached hydrogens (tertiary/aromatic N) is 4. The van der Waals surface area contributed by atoms with Gasteiger partial charge >= 0.3 is 6.09 Å². The van der Waals surface area contributed by atoms with Gasteiger partial charge in [0.05, 0.1) is 12.4 Å². The Morgan fingerprint density at radius 1 is 1.10 bits per heavy atom. The van der Waals surface area contributed by atoms with Gasteiger partial charge in [0.2, 0.25) is 18.6 Å². The number of hydrogen-bond acceptors (Lipinski definition) is 9. The second-order valence-electron chi connectivity index (χ2n) is 6.30. The maximum Gasteiger partial charge on any atom is 0.409 e. The van der Waals surface area contributed by atoms with E-state index >= 15 is 0 Å². The van der Waals surface area contributed by atoms with E-state index in [4.69, 9.17) is 18.6 Å². The van der Waals surface area contributed by atoms with Crippen molar-refractivity contribution in [3.63, 3.8) is 0 Å². The van der Waals surface area contributed by atoms with Crippen LogP contribution in [0.15, 0.2) is 27.8 Å². The van der Waals surface area contributed by atoms with Gasteiger partial charge in [-0.15, -0.1) is 10.2 Å². The molecule has 29 heavy (non-hydrogen) atoms. The van der Waals surface area contributed by atoms with Crippen molar-refractivity contribution in [3.8, 4) is 23.0 Å². The molecule has 0 radical (unpaired) electrons. The largest absolute Gasteiger partial charge is 0.454 e. The number of aromatic nitrogens is 2. The number of carbonyl (C=O) groups is 2. The molecule has 0 aliphatic carbocycles. The minimum Gasteiger partial charge on any atom is -0.454 e. The molecule has 0 spiro atoms. The molecule has 4 rings (SSSR count). The molecule has 3 heterocycles. The predicted molar refractivity (Wildman–Crippen MR) is 102 cm³/mol. The van der Waals surface area contributed by atoms with Gasteiger partial charge in [-0.1, -0.05) is 11.8 Å². The molecule has 2 amide bonds. The average Bonchev–Trinajstić information content (AvgIpc) is 3.41. The Balaban J connectivity index is 1.28. The van der Waals surface area contributed by atoms with Crippen LogP contribution in [-0.2, 0) is 9.53 Å². The lowest BCUT2D eigenvalue weighted by molar-refractivity contribution is -0.129. The van der Waals surface area contributed by atoms with E-state index in [1.807, 2.05) is 6.07 Å². The number of fused-ring (bicyclic) bond motifs is 1. The summed E-state index contributed by atoms with van der Waals surface area (Å²) in [7, 11) is 0. The van der Waals surface area contributed by atoms with Crippen LogP contribution in [0, 0.1) is 0 Å². The number of ether oxygens (including phenoxy) is 3. The molecule has 1 fully saturated rings. The van der Waals surface area contributed by atoms with E-state index < -0.39 is 0 Å². The summed E-state index contributed by atoms with van der Waals surface area (Å²) in [4.78, 5) is 27.5. The first-order valence-corrected chi connectivity index (χ1v) is 10.2. The second-order valence-corrected chi connectivity index (χ2v) is 7.22. The lowest BCUT2D eigenvalue weighted by Gasteiger charge is -2.33. The van der Waals surface area contributed by atoms with Crippen molar-refractivity contribution >= 4 is 23.8 Å². The van der Waals surface area contributed by atoms with Crippen molar-refractivity contribution in [2.45, 2.75) is 12.1 Å². The molecule has 11 heteroatoms. The molecule has 1 aromatic carbocycles. The number of thioether (sulfide) groups is 1. The summed E-state index contributed by atoms with van der Waals surface area (Å²) in [6.07, 6.45) is -0.337. The number of amides is 2. The standard InChI is InChI=1S/C18H20N4O6S/c1-2-25-18(24)22-7-5-21(6-8-22)15(23)10-29-17-20-19-16(28-17)12-3-4-13-14(9-12)27-11-26-13/h3-4,9H,2,5-8,10-11H2,1H3. The number of rotatable bonds is 5. The Morgan fingerprint density at radius 3 is 2.66 bits per heavy atom. The molecule has 10 nitrogen and oxygen atoms in total. The van der Waals surface area contributed by atoms with Crippen LogP contribution in [0.5, 0.6) is 11.5 Å². The van der Waals surface area contributed by atoms with Gasteiger partial charge < -0.3 is 28.4 Å². The SMILES string of the molecule is CCOC(=O)N1CCN(C(=O)CSc2nnc(-c3ccc4c(c3)OCO4)o2)CC1. The van der Waals surface area contributed by atoms with Gasteiger partial charge in [0.1, 0.15) is 0 Å². The third-order valence-electron chi connectivity index (χ3n) is 4.50. The fourth-order valence-corrected chi connectivity index (χ4v) is 3.65. The quantitative estimate of drug-likeness (QED) is 0.670. The van der Waals surface area contributed by atoms with Gasteiger partial charge in [0, 0.05) is 31.7 Å². The Labute approximate surface area is 171 Å². The number of carbonyl (C=O) groups excluding carboxylic acids is 2. The van der Waals surface area contributed by atoms with Crippen molar-refractivity contribution in [1.82, 2.24) is 20.0 Å². The molecule has 1 aromatic heterocycles. The highest BCUT2D eigenvalue weighted by Crippen LogP contribution is 2.36. The van der Waals surface area contributed by atoms with Crippen LogP contribution in [0.4, 0.5) is 4.79 Å². The van der Waals surface area contributed by atoms with Crippen LogP contribution in [0.3, 0.4) is 0 Å². The summed E-state index contributed by atoms with van der Waals surface area (Å²) < 4.78 is 21.3. The van der Waals surface area contributed by atoms with Crippen molar-refractivity contribution in [3.05, 3.63) is 18.2 Å². The molecule has 0 saturated carbocycles. The van der Waals surface area contributed by atoms with E-state index in [9.17, 15) is 9.59 Å². The molecule has 2 aliphatic rings. The van der Waals surface area contributed by atoms with Crippen LogP contribution < -0.4 is 9.47 Å². The van der Waals surface area contributed by atoms with Gasteiger partial charge in [-0.3, -0.25) is 4.79 Å². The molecule has 2 aromatic rings. The molecule has 0 N–H and O–H groups in total. The van der Waals surface area contributed by atoms with E-state index in [0.29, 0.717) is 55.4 Å². The fraction of sp³-hybridized carbons (Fsp3) is 0.444. The summed E-state index contributed by atoms with van der Waals surface area (Å²) in [5.74, 6) is 1.80. The van der Waals surface area contributed by atoms with E-state index in [0.717, 1.165) is 5.56 Å². The molecule has 0 bridgehead atoms. The third kappa shape index (κ3) is 4.39. The minimum absolute atomic E-state index is 0.0404. The zero-order chi connectivity index (χ0) is 20.2. The summed E-state index contributed by atoms with van der Waals surface area (Å²) >= 11 is 1.19. The van der Waals surface area contributed by atoms with Crippen molar-refractivity contribution in [1.29, 1.82) is 0 Å². The first kappa shape index (κ1) is 19.4. The Hall–Kier alpha value is -2.95. The molecular formula is C18H20N4O6S. The van der Waals surface area contributed by atoms with Gasteiger partial charge in [0.15, 0.2) is 11.5 Å². The summed E-state index contributed by atoms with van der Waals surface area (Å²) in [6.45, 7) is 4.18. The highest BCUT2D eigenvalue weighted by Gasteiger charge is 2.25. The van der Waals surface area contributed by atoms with Crippen LogP contribution in [-0.4, -0.2) is 77.3 Å². The number of piperazine rings is 1. The zero-order valence-electron chi connectivity index (χ0n) is 15.8. The van der Waals surface area contributed by atoms with Crippen LogP contribution in [0.2, 0.25) is 0 Å². The smallest absolute Gasteiger partial charge is 0.409 e. The topological polar surface area (TPSA) is 107 Å². The minimum atomic E-state index is -0.337. The predicted octanol–water partition coefficient (Wildman–Crippen LogP) is 1.86. The molecule has 1 saturated heterocycles. The third-order valence-corrected chi connectivity index (χ3v) is 5.31. The van der Waals surface area contributed by atoms with Crippen molar-refractivity contribution < 1.29 is 28.2 Å². The molecule has 0 atom stereocenters. The zero-order valence-corrected chi connectivity index (χ0v) is 16.6. The second kappa shape index (κ2) is 8.60. The maximum absolute atomic E-state index is 12.4. The highest BCUT2D eigenvalue weighted by atomic mass is 32.2. The van der Waals surface area contributed by atoms with Crippen molar-refractivity contribution in [2.75, 3.05) is 45.3 Å². The molecule has 0 unspecified atom stereocenters. The van der Waals surface area contributed by atoms with Crippen LogP contribution in [0.25, 0.3) is 11.5 Å². The van der Waals surface area contributed by atoms with Gasteiger partial charge in [-0.2, -0.15) is 0 Å². The van der Waals surface area contributed by atoms with E-state index in [1.165, 1.54) is 11.8 Å². The molecule has 2 aliphatic heterocycles. The Morgan fingerprint density at radius 2 is 1.86 bits per heavy atom. The van der Waals surface area contributed by atoms with Gasteiger partial charge in [-0.05, 0) is 25.1 Å². The Kier molecular flexibility index (Phi) is 5.74. The van der Waals surface area contributed by atoms with E-state index in [1.54, 1.807) is 28.9 Å². The van der Waals surface area contributed by atoms with E-state index in [2.05, 4.69) is 10.2 Å². The lowest BCUT2D eigenvalue weighted by atomic mass is 10.2. The Bertz CT molecular complexity index is 896. The summed E-state index contributed by atoms with van der Waals surface area (Å²) in [6, 6.07) is 5.37. The summed E-state index contributed by atoms with van der Waals surface area (Å²) in [5.41, 5.74) is 0.718. The fourth-order valence-electron chi connectivity index (χ4n) is 2.98. The van der Waals surface area contributed by atoms with Crippen LogP contribution >= 0.6 is 11.8 Å². The van der Waals surface area contributed by atoms with Gasteiger partial charge in [-0.25, -0.2) is 4.79 Å². The number of benzene rings is 1. The van der Waals surface area contributed by atoms with Crippen molar-refractivity contribution in [2.24, 2.45) is 0 Å². The highest BCUT2D eigenvalue weighted by molar-refractivity contribution is 7.99. The summed E-state index contributed by atoms with van der Waals surface area (Å²) in [5, 5.41) is 8.34. The van der Waals surface area contributed by atoms with Crippen LogP contribution in [0.1, 0.15) is 6.92 Å². The average molecular weight is 420 g/mol.